The largest absolute Gasteiger partial charge is 0.384 e. The van der Waals surface area contributed by atoms with E-state index in [1.807, 2.05) is 45.3 Å². The zero-order valence-corrected chi connectivity index (χ0v) is 12.6. The fraction of sp³-hybridized carbons (Fsp3) is 0.286. The third kappa shape index (κ3) is 2.77. The third-order valence-electron chi connectivity index (χ3n) is 3.25. The molecule has 0 aliphatic carbocycles. The number of rotatable bonds is 4. The van der Waals surface area contributed by atoms with Crippen molar-refractivity contribution in [3.63, 3.8) is 0 Å². The van der Waals surface area contributed by atoms with Crippen LogP contribution in [-0.2, 0) is 13.6 Å². The van der Waals surface area contributed by atoms with Crippen LogP contribution >= 0.6 is 11.6 Å². The lowest BCUT2D eigenvalue weighted by atomic mass is 10.1. The summed E-state index contributed by atoms with van der Waals surface area (Å²) in [5, 5.41) is 12.5. The number of nitrogen functional groups attached to an aromatic ring is 1. The van der Waals surface area contributed by atoms with Crippen LogP contribution in [0.1, 0.15) is 17.0 Å². The molecule has 0 radical (unpaired) electrons. The Bertz CT molecular complexity index is 647. The molecule has 6 heteroatoms. The number of anilines is 1. The maximum Gasteiger partial charge on any atom is 0.122 e. The molecule has 5 nitrogen and oxygen atoms in total. The van der Waals surface area contributed by atoms with E-state index in [1.165, 1.54) is 0 Å². The molecule has 0 fully saturated rings. The minimum absolute atomic E-state index is 0.0645. The number of benzene rings is 1. The molecule has 0 amide bonds. The quantitative estimate of drug-likeness (QED) is 0.671. The van der Waals surface area contributed by atoms with Gasteiger partial charge in [0.15, 0.2) is 0 Å². The van der Waals surface area contributed by atoms with E-state index in [0.29, 0.717) is 17.1 Å². The van der Waals surface area contributed by atoms with Gasteiger partial charge in [-0.15, -0.1) is 0 Å². The molecule has 3 N–H and O–H groups in total. The molecule has 0 aliphatic rings. The molecule has 0 unspecified atom stereocenters. The van der Waals surface area contributed by atoms with E-state index in [0.717, 1.165) is 17.1 Å². The van der Waals surface area contributed by atoms with Gasteiger partial charge in [0.2, 0.25) is 0 Å². The van der Waals surface area contributed by atoms with Crippen LogP contribution in [0.25, 0.3) is 0 Å². The molecule has 1 aromatic carbocycles. The molecule has 2 rings (SSSR count). The van der Waals surface area contributed by atoms with E-state index in [-0.39, 0.29) is 5.84 Å². The van der Waals surface area contributed by atoms with Crippen molar-refractivity contribution in [3.05, 3.63) is 46.2 Å². The third-order valence-corrected chi connectivity index (χ3v) is 3.74. The van der Waals surface area contributed by atoms with Crippen molar-refractivity contribution in [1.82, 2.24) is 9.78 Å². The van der Waals surface area contributed by atoms with Crippen LogP contribution in [0.2, 0.25) is 5.02 Å². The first-order valence-electron chi connectivity index (χ1n) is 6.23. The SMILES string of the molecule is Cc1nn(C)c(CN(C)c2cccc(C(=N)N)c2)c1Cl. The Morgan fingerprint density at radius 1 is 1.50 bits per heavy atom. The first-order chi connectivity index (χ1) is 9.40. The molecule has 0 saturated heterocycles. The van der Waals surface area contributed by atoms with Crippen molar-refractivity contribution >= 4 is 23.1 Å². The molecule has 0 atom stereocenters. The second kappa shape index (κ2) is 5.54. The highest BCUT2D eigenvalue weighted by Crippen LogP contribution is 2.23. The van der Waals surface area contributed by atoms with E-state index in [9.17, 15) is 0 Å². The summed E-state index contributed by atoms with van der Waals surface area (Å²) >= 11 is 6.26. The van der Waals surface area contributed by atoms with Crippen molar-refractivity contribution in [3.8, 4) is 0 Å². The maximum absolute atomic E-state index is 7.49. The van der Waals surface area contributed by atoms with Gasteiger partial charge in [-0.2, -0.15) is 5.10 Å². The zero-order valence-electron chi connectivity index (χ0n) is 11.8. The zero-order chi connectivity index (χ0) is 14.9. The van der Waals surface area contributed by atoms with Gasteiger partial charge in [0.1, 0.15) is 5.84 Å². The van der Waals surface area contributed by atoms with Crippen LogP contribution in [0.5, 0.6) is 0 Å². The molecule has 0 spiro atoms. The Balaban J connectivity index is 2.26. The summed E-state index contributed by atoms with van der Waals surface area (Å²) in [5.74, 6) is 0.0645. The van der Waals surface area contributed by atoms with Crippen molar-refractivity contribution in [2.45, 2.75) is 13.5 Å². The topological polar surface area (TPSA) is 70.9 Å². The summed E-state index contributed by atoms with van der Waals surface area (Å²) in [5.41, 5.74) is 8.99. The van der Waals surface area contributed by atoms with Crippen LogP contribution < -0.4 is 10.6 Å². The predicted molar refractivity (Wildman–Crippen MR) is 82.5 cm³/mol. The highest BCUT2D eigenvalue weighted by molar-refractivity contribution is 6.31. The number of hydrogen-bond acceptors (Lipinski definition) is 3. The number of halogens is 1. The lowest BCUT2D eigenvalue weighted by Crippen LogP contribution is -2.20. The van der Waals surface area contributed by atoms with Gasteiger partial charge in [0, 0.05) is 25.3 Å². The van der Waals surface area contributed by atoms with Crippen LogP contribution in [0, 0.1) is 12.3 Å². The van der Waals surface area contributed by atoms with Crippen molar-refractivity contribution in [1.29, 1.82) is 5.41 Å². The molecule has 0 saturated carbocycles. The number of nitrogens with one attached hydrogen (secondary N) is 1. The lowest BCUT2D eigenvalue weighted by molar-refractivity contribution is 0.694. The minimum Gasteiger partial charge on any atom is -0.384 e. The Hall–Kier alpha value is -2.01. The lowest BCUT2D eigenvalue weighted by Gasteiger charge is -2.20. The van der Waals surface area contributed by atoms with Gasteiger partial charge in [-0.05, 0) is 19.1 Å². The van der Waals surface area contributed by atoms with Gasteiger partial charge < -0.3 is 10.6 Å². The van der Waals surface area contributed by atoms with Crippen LogP contribution in [0.15, 0.2) is 24.3 Å². The molecular weight excluding hydrogens is 274 g/mol. The molecule has 0 aliphatic heterocycles. The smallest absolute Gasteiger partial charge is 0.122 e. The first kappa shape index (κ1) is 14.4. The van der Waals surface area contributed by atoms with E-state index >= 15 is 0 Å². The second-order valence-corrected chi connectivity index (χ2v) is 5.17. The Morgan fingerprint density at radius 2 is 2.20 bits per heavy atom. The maximum atomic E-state index is 7.49. The average Bonchev–Trinajstić information content (AvgIpc) is 2.65. The summed E-state index contributed by atoms with van der Waals surface area (Å²) in [6, 6.07) is 7.57. The fourth-order valence-corrected chi connectivity index (χ4v) is 2.30. The number of aryl methyl sites for hydroxylation is 2. The molecule has 0 bridgehead atoms. The summed E-state index contributed by atoms with van der Waals surface area (Å²) in [6.07, 6.45) is 0. The normalized spacial score (nSPS) is 10.6. The van der Waals surface area contributed by atoms with Gasteiger partial charge in [-0.1, -0.05) is 23.7 Å². The highest BCUT2D eigenvalue weighted by Gasteiger charge is 2.13. The number of nitrogens with zero attached hydrogens (tertiary/aromatic N) is 3. The number of nitrogens with two attached hydrogens (primary N) is 1. The fourth-order valence-electron chi connectivity index (χ4n) is 2.08. The summed E-state index contributed by atoms with van der Waals surface area (Å²) in [6.45, 7) is 2.53. The van der Waals surface area contributed by atoms with E-state index in [1.54, 1.807) is 4.68 Å². The molecule has 1 aromatic heterocycles. The Labute approximate surface area is 123 Å². The molecule has 2 aromatic rings. The van der Waals surface area contributed by atoms with Crippen molar-refractivity contribution < 1.29 is 0 Å². The Kier molecular flexibility index (Phi) is 3.99. The highest BCUT2D eigenvalue weighted by atomic mass is 35.5. The predicted octanol–water partition coefficient (Wildman–Crippen LogP) is 2.30. The van der Waals surface area contributed by atoms with E-state index in [2.05, 4.69) is 10.00 Å². The summed E-state index contributed by atoms with van der Waals surface area (Å²) < 4.78 is 1.79. The monoisotopic (exact) mass is 291 g/mol. The number of hydrogen-bond donors (Lipinski definition) is 2. The van der Waals surface area contributed by atoms with Gasteiger partial charge in [-0.25, -0.2) is 0 Å². The van der Waals surface area contributed by atoms with Gasteiger partial charge >= 0.3 is 0 Å². The van der Waals surface area contributed by atoms with Crippen LogP contribution in [-0.4, -0.2) is 22.7 Å². The average molecular weight is 292 g/mol. The minimum atomic E-state index is 0.0645. The Morgan fingerprint density at radius 3 is 2.75 bits per heavy atom. The number of amidine groups is 1. The molecule has 106 valence electrons. The van der Waals surface area contributed by atoms with Gasteiger partial charge in [-0.3, -0.25) is 10.1 Å². The molecular formula is C14H18ClN5. The van der Waals surface area contributed by atoms with Gasteiger partial charge in [0.05, 0.1) is 23.0 Å². The molecule has 1 heterocycles. The second-order valence-electron chi connectivity index (χ2n) is 4.79. The number of aromatic nitrogens is 2. The molecule has 20 heavy (non-hydrogen) atoms. The van der Waals surface area contributed by atoms with Gasteiger partial charge in [0.25, 0.3) is 0 Å². The summed E-state index contributed by atoms with van der Waals surface area (Å²) in [7, 11) is 3.85. The standard InChI is InChI=1S/C14H18ClN5/c1-9-13(15)12(20(3)18-9)8-19(2)11-6-4-5-10(7-11)14(16)17/h4-7H,8H2,1-3H3,(H3,16,17). The van der Waals surface area contributed by atoms with E-state index in [4.69, 9.17) is 22.7 Å². The van der Waals surface area contributed by atoms with E-state index < -0.39 is 0 Å². The van der Waals surface area contributed by atoms with Crippen molar-refractivity contribution in [2.24, 2.45) is 12.8 Å². The van der Waals surface area contributed by atoms with Crippen molar-refractivity contribution in [2.75, 3.05) is 11.9 Å². The first-order valence-corrected chi connectivity index (χ1v) is 6.61. The van der Waals surface area contributed by atoms with Crippen LogP contribution in [0.3, 0.4) is 0 Å². The summed E-state index contributed by atoms with van der Waals surface area (Å²) in [4.78, 5) is 2.05. The van der Waals surface area contributed by atoms with Crippen LogP contribution in [0.4, 0.5) is 5.69 Å².